The number of benzene rings is 3. The summed E-state index contributed by atoms with van der Waals surface area (Å²) in [5, 5.41) is 25.9. The van der Waals surface area contributed by atoms with Crippen molar-refractivity contribution in [2.24, 2.45) is 5.10 Å². The van der Waals surface area contributed by atoms with E-state index in [-0.39, 0.29) is 23.8 Å². The van der Waals surface area contributed by atoms with Gasteiger partial charge in [0.1, 0.15) is 11.5 Å². The maximum absolute atomic E-state index is 12.2. The van der Waals surface area contributed by atoms with E-state index in [2.05, 4.69) is 10.5 Å². The van der Waals surface area contributed by atoms with Crippen LogP contribution in [-0.2, 0) is 11.2 Å². The second-order valence-electron chi connectivity index (χ2n) is 6.21. The van der Waals surface area contributed by atoms with Crippen molar-refractivity contribution in [3.05, 3.63) is 70.8 Å². The summed E-state index contributed by atoms with van der Waals surface area (Å²) in [5.41, 5.74) is 4.92. The van der Waals surface area contributed by atoms with Crippen molar-refractivity contribution < 1.29 is 15.0 Å². The van der Waals surface area contributed by atoms with E-state index in [1.54, 1.807) is 19.9 Å². The van der Waals surface area contributed by atoms with E-state index in [9.17, 15) is 15.0 Å². The van der Waals surface area contributed by atoms with Crippen LogP contribution in [0, 0.1) is 13.8 Å². The highest BCUT2D eigenvalue weighted by atomic mass is 16.3. The number of aromatic hydroxyl groups is 2. The zero-order valence-corrected chi connectivity index (χ0v) is 14.7. The number of rotatable bonds is 4. The minimum absolute atomic E-state index is 0.0251. The number of nitrogens with one attached hydrogen (secondary N) is 1. The number of hydrogen-bond donors (Lipinski definition) is 3. The smallest absolute Gasteiger partial charge is 0.244 e. The third-order valence-corrected chi connectivity index (χ3v) is 4.39. The van der Waals surface area contributed by atoms with Gasteiger partial charge >= 0.3 is 0 Å². The van der Waals surface area contributed by atoms with Crippen molar-refractivity contribution in [3.8, 4) is 11.5 Å². The van der Waals surface area contributed by atoms with Crippen LogP contribution in [0.1, 0.15) is 22.3 Å². The number of nitrogens with zero attached hydrogens (tertiary/aromatic N) is 1. The second kappa shape index (κ2) is 7.27. The predicted molar refractivity (Wildman–Crippen MR) is 103 cm³/mol. The van der Waals surface area contributed by atoms with E-state index in [0.717, 1.165) is 16.3 Å². The van der Waals surface area contributed by atoms with Crippen LogP contribution in [0.3, 0.4) is 0 Å². The number of phenolic OH excluding ortho intramolecular Hbond substituents is 2. The second-order valence-corrected chi connectivity index (χ2v) is 6.21. The molecule has 0 spiro atoms. The molecule has 132 valence electrons. The molecule has 0 aliphatic heterocycles. The summed E-state index contributed by atoms with van der Waals surface area (Å²) in [4.78, 5) is 12.2. The van der Waals surface area contributed by atoms with Gasteiger partial charge in [-0.15, -0.1) is 0 Å². The third kappa shape index (κ3) is 3.52. The molecule has 3 aromatic carbocycles. The molecule has 0 saturated carbocycles. The minimum atomic E-state index is -0.245. The van der Waals surface area contributed by atoms with E-state index in [1.807, 2.05) is 42.5 Å². The van der Waals surface area contributed by atoms with Crippen molar-refractivity contribution in [3.63, 3.8) is 0 Å². The lowest BCUT2D eigenvalue weighted by molar-refractivity contribution is -0.120. The molecule has 0 aliphatic rings. The van der Waals surface area contributed by atoms with Crippen molar-refractivity contribution in [2.45, 2.75) is 20.3 Å². The van der Waals surface area contributed by atoms with Crippen molar-refractivity contribution >= 4 is 22.9 Å². The average Bonchev–Trinajstić information content (AvgIpc) is 2.63. The van der Waals surface area contributed by atoms with Gasteiger partial charge in [0.05, 0.1) is 12.6 Å². The molecule has 0 atom stereocenters. The van der Waals surface area contributed by atoms with Gasteiger partial charge in [0.25, 0.3) is 0 Å². The predicted octanol–water partition coefficient (Wildman–Crippen LogP) is 3.56. The van der Waals surface area contributed by atoms with Crippen LogP contribution in [0.4, 0.5) is 0 Å². The summed E-state index contributed by atoms with van der Waals surface area (Å²) in [6.45, 7) is 3.36. The zero-order valence-electron chi connectivity index (χ0n) is 14.7. The van der Waals surface area contributed by atoms with Gasteiger partial charge in [0.2, 0.25) is 5.91 Å². The molecule has 0 heterocycles. The van der Waals surface area contributed by atoms with Crippen molar-refractivity contribution in [2.75, 3.05) is 0 Å². The number of hydrazone groups is 1. The molecule has 0 aromatic heterocycles. The first-order valence-electron chi connectivity index (χ1n) is 8.28. The molecule has 1 amide bonds. The van der Waals surface area contributed by atoms with E-state index < -0.39 is 0 Å². The minimum Gasteiger partial charge on any atom is -0.508 e. The van der Waals surface area contributed by atoms with Crippen LogP contribution in [0.15, 0.2) is 53.6 Å². The van der Waals surface area contributed by atoms with Crippen molar-refractivity contribution in [1.29, 1.82) is 0 Å². The lowest BCUT2D eigenvalue weighted by Gasteiger charge is -2.09. The molecule has 0 aliphatic carbocycles. The summed E-state index contributed by atoms with van der Waals surface area (Å²) in [6, 6.07) is 15.3. The van der Waals surface area contributed by atoms with E-state index >= 15 is 0 Å². The number of phenols is 2. The maximum Gasteiger partial charge on any atom is 0.244 e. The number of aryl methyl sites for hydroxylation is 1. The van der Waals surface area contributed by atoms with Gasteiger partial charge in [0, 0.05) is 11.1 Å². The van der Waals surface area contributed by atoms with Crippen LogP contribution < -0.4 is 5.43 Å². The topological polar surface area (TPSA) is 81.9 Å². The molecule has 0 unspecified atom stereocenters. The van der Waals surface area contributed by atoms with E-state index in [4.69, 9.17) is 0 Å². The summed E-state index contributed by atoms with van der Waals surface area (Å²) in [5.74, 6) is -0.267. The molecule has 0 saturated heterocycles. The lowest BCUT2D eigenvalue weighted by atomic mass is 10.0. The fraction of sp³-hybridized carbons (Fsp3) is 0.143. The Bertz CT molecular complexity index is 1000. The van der Waals surface area contributed by atoms with Crippen molar-refractivity contribution in [1.82, 2.24) is 5.43 Å². The molecule has 5 nitrogen and oxygen atoms in total. The Morgan fingerprint density at radius 1 is 1.12 bits per heavy atom. The Morgan fingerprint density at radius 3 is 2.65 bits per heavy atom. The molecule has 0 fully saturated rings. The fourth-order valence-electron chi connectivity index (χ4n) is 2.89. The number of carbonyl (C=O) groups excluding carboxylic acids is 1. The molecule has 3 aromatic rings. The molecular formula is C21H20N2O3. The largest absolute Gasteiger partial charge is 0.508 e. The summed E-state index contributed by atoms with van der Waals surface area (Å²) in [7, 11) is 0. The zero-order chi connectivity index (χ0) is 18.7. The summed E-state index contributed by atoms with van der Waals surface area (Å²) >= 11 is 0. The highest BCUT2D eigenvalue weighted by Gasteiger charge is 2.11. The van der Waals surface area contributed by atoms with E-state index in [0.29, 0.717) is 16.7 Å². The number of amides is 1. The van der Waals surface area contributed by atoms with Gasteiger partial charge in [0.15, 0.2) is 0 Å². The normalized spacial score (nSPS) is 11.2. The highest BCUT2D eigenvalue weighted by molar-refractivity contribution is 5.91. The van der Waals surface area contributed by atoms with Gasteiger partial charge in [-0.25, -0.2) is 5.43 Å². The number of carbonyl (C=O) groups is 1. The highest BCUT2D eigenvalue weighted by Crippen LogP contribution is 2.31. The van der Waals surface area contributed by atoms with Crippen LogP contribution in [0.2, 0.25) is 0 Å². The Hall–Kier alpha value is -3.34. The molecule has 26 heavy (non-hydrogen) atoms. The molecule has 0 radical (unpaired) electrons. The first-order chi connectivity index (χ1) is 12.5. The number of fused-ring (bicyclic) bond motifs is 1. The SMILES string of the molecule is Cc1cc(O)c(C)c(O)c1/C=N\NC(=O)Cc1cccc2ccccc12. The molecule has 0 bridgehead atoms. The summed E-state index contributed by atoms with van der Waals surface area (Å²) in [6.07, 6.45) is 1.59. The van der Waals surface area contributed by atoms with Gasteiger partial charge in [-0.05, 0) is 41.8 Å². The quantitative estimate of drug-likeness (QED) is 0.498. The van der Waals surface area contributed by atoms with Crippen LogP contribution in [0.25, 0.3) is 10.8 Å². The first-order valence-corrected chi connectivity index (χ1v) is 8.28. The summed E-state index contributed by atoms with van der Waals surface area (Å²) < 4.78 is 0. The maximum atomic E-state index is 12.2. The third-order valence-electron chi connectivity index (χ3n) is 4.39. The van der Waals surface area contributed by atoms with Gasteiger partial charge in [-0.1, -0.05) is 42.5 Å². The first kappa shape index (κ1) is 17.5. The van der Waals surface area contributed by atoms with Gasteiger partial charge in [-0.3, -0.25) is 4.79 Å². The Kier molecular flexibility index (Phi) is 4.89. The van der Waals surface area contributed by atoms with E-state index in [1.165, 1.54) is 6.21 Å². The fourth-order valence-corrected chi connectivity index (χ4v) is 2.89. The van der Waals surface area contributed by atoms with Gasteiger partial charge < -0.3 is 10.2 Å². The molecule has 3 N–H and O–H groups in total. The molecule has 5 heteroatoms. The Morgan fingerprint density at radius 2 is 1.85 bits per heavy atom. The lowest BCUT2D eigenvalue weighted by Crippen LogP contribution is -2.20. The average molecular weight is 348 g/mol. The Labute approximate surface area is 151 Å². The van der Waals surface area contributed by atoms with Gasteiger partial charge in [-0.2, -0.15) is 5.10 Å². The standard InChI is InChI=1S/C21H20N2O3/c1-13-10-19(24)14(2)21(26)18(13)12-22-23-20(25)11-16-8-5-7-15-6-3-4-9-17(15)16/h3-10,12,24,26H,11H2,1-2H3,(H,23,25)/b22-12-. The molecule has 3 rings (SSSR count). The van der Waals surface area contributed by atoms with Crippen LogP contribution in [-0.4, -0.2) is 22.3 Å². The van der Waals surface area contributed by atoms with Crippen LogP contribution in [0.5, 0.6) is 11.5 Å². The monoisotopic (exact) mass is 348 g/mol. The molecular weight excluding hydrogens is 328 g/mol. The van der Waals surface area contributed by atoms with Crippen LogP contribution >= 0.6 is 0 Å². The Balaban J connectivity index is 1.73. The number of hydrogen-bond acceptors (Lipinski definition) is 4.